The van der Waals surface area contributed by atoms with Gasteiger partial charge in [0.2, 0.25) is 5.91 Å². The van der Waals surface area contributed by atoms with Crippen LogP contribution in [-0.4, -0.2) is 46.7 Å². The lowest BCUT2D eigenvalue weighted by Gasteiger charge is -2.22. The Balaban J connectivity index is 1.81. The predicted molar refractivity (Wildman–Crippen MR) is 110 cm³/mol. The number of hydrogen-bond donors (Lipinski definition) is 1. The molecule has 1 aliphatic carbocycles. The standard InChI is InChI=1S/C22H25N5O2/c1-4-18(22(29)27(2)3)26-19-9-15(7-8-16(19)11-23)20-13-24-17(12-25-20)10-21(28)14-5-6-14/h7-9,12-14,18,26H,4-6,10H2,1-3H3/t18-/m0/s1. The molecule has 0 bridgehead atoms. The van der Waals surface area contributed by atoms with Gasteiger partial charge in [-0.2, -0.15) is 5.26 Å². The lowest BCUT2D eigenvalue weighted by atomic mass is 10.1. The van der Waals surface area contributed by atoms with Crippen LogP contribution in [0.1, 0.15) is 37.4 Å². The highest BCUT2D eigenvalue weighted by atomic mass is 16.2. The van der Waals surface area contributed by atoms with Crippen LogP contribution in [0.15, 0.2) is 30.6 Å². The minimum atomic E-state index is -0.422. The Hall–Kier alpha value is -3.27. The second kappa shape index (κ2) is 8.82. The molecule has 1 aromatic carbocycles. The summed E-state index contributed by atoms with van der Waals surface area (Å²) in [6, 6.07) is 7.05. The van der Waals surface area contributed by atoms with Gasteiger partial charge in [-0.3, -0.25) is 19.6 Å². The molecule has 1 fully saturated rings. The van der Waals surface area contributed by atoms with E-state index >= 15 is 0 Å². The number of hydrogen-bond acceptors (Lipinski definition) is 6. The monoisotopic (exact) mass is 391 g/mol. The first-order valence-electron chi connectivity index (χ1n) is 9.78. The van der Waals surface area contributed by atoms with E-state index in [0.717, 1.165) is 18.4 Å². The van der Waals surface area contributed by atoms with Gasteiger partial charge in [0.25, 0.3) is 0 Å². The number of carbonyl (C=O) groups is 2. The molecule has 2 aromatic rings. The second-order valence-corrected chi connectivity index (χ2v) is 7.52. The van der Waals surface area contributed by atoms with Gasteiger partial charge in [0.1, 0.15) is 17.9 Å². The number of carbonyl (C=O) groups excluding carboxylic acids is 2. The molecule has 0 unspecified atom stereocenters. The van der Waals surface area contributed by atoms with Crippen LogP contribution in [0.2, 0.25) is 0 Å². The van der Waals surface area contributed by atoms with Crippen molar-refractivity contribution in [2.24, 2.45) is 5.92 Å². The summed E-state index contributed by atoms with van der Waals surface area (Å²) in [5.41, 5.74) is 3.14. The van der Waals surface area contributed by atoms with Gasteiger partial charge in [0, 0.05) is 31.8 Å². The summed E-state index contributed by atoms with van der Waals surface area (Å²) in [5, 5.41) is 12.6. The SMILES string of the molecule is CC[C@H](Nc1cc(-c2cnc(CC(=O)C3CC3)cn2)ccc1C#N)C(=O)N(C)C. The molecule has 1 amide bonds. The maximum absolute atomic E-state index is 12.3. The Morgan fingerprint density at radius 1 is 1.28 bits per heavy atom. The van der Waals surface area contributed by atoms with Crippen LogP contribution in [0.3, 0.4) is 0 Å². The molecule has 0 spiro atoms. The molecule has 0 radical (unpaired) electrons. The Morgan fingerprint density at radius 2 is 2.03 bits per heavy atom. The van der Waals surface area contributed by atoms with Gasteiger partial charge in [0.15, 0.2) is 0 Å². The molecule has 1 aromatic heterocycles. The zero-order chi connectivity index (χ0) is 21.0. The summed E-state index contributed by atoms with van der Waals surface area (Å²) >= 11 is 0. The number of rotatable bonds is 8. The highest BCUT2D eigenvalue weighted by Gasteiger charge is 2.29. The first-order valence-corrected chi connectivity index (χ1v) is 9.78. The number of nitrogens with zero attached hydrogens (tertiary/aromatic N) is 4. The number of ketones is 1. The number of nitriles is 1. The molecule has 1 N–H and O–H groups in total. The quantitative estimate of drug-likeness (QED) is 0.743. The van der Waals surface area contributed by atoms with E-state index in [4.69, 9.17) is 0 Å². The van der Waals surface area contributed by atoms with Crippen molar-refractivity contribution in [3.05, 3.63) is 41.9 Å². The van der Waals surface area contributed by atoms with Crippen molar-refractivity contribution >= 4 is 17.4 Å². The smallest absolute Gasteiger partial charge is 0.244 e. The molecule has 0 saturated heterocycles. The van der Waals surface area contributed by atoms with E-state index in [9.17, 15) is 14.9 Å². The molecule has 0 aliphatic heterocycles. The highest BCUT2D eigenvalue weighted by Crippen LogP contribution is 2.31. The largest absolute Gasteiger partial charge is 0.373 e. The first kappa shape index (κ1) is 20.5. The number of benzene rings is 1. The molecule has 1 atom stereocenters. The molecule has 1 heterocycles. The summed E-state index contributed by atoms with van der Waals surface area (Å²) in [6.07, 6.45) is 6.16. The van der Waals surface area contributed by atoms with Gasteiger partial charge in [0.05, 0.1) is 35.3 Å². The number of amides is 1. The third kappa shape index (κ3) is 4.96. The summed E-state index contributed by atoms with van der Waals surface area (Å²) in [5.74, 6) is 0.388. The third-order valence-electron chi connectivity index (χ3n) is 5.01. The minimum Gasteiger partial charge on any atom is -0.373 e. The Bertz CT molecular complexity index is 943. The Kier molecular flexibility index (Phi) is 6.23. The van der Waals surface area contributed by atoms with Crippen LogP contribution in [0.5, 0.6) is 0 Å². The maximum atomic E-state index is 12.3. The number of Topliss-reactive ketones (excluding diaryl/α,β-unsaturated/α-hetero) is 1. The van der Waals surface area contributed by atoms with Crippen LogP contribution in [-0.2, 0) is 16.0 Å². The van der Waals surface area contributed by atoms with Crippen LogP contribution < -0.4 is 5.32 Å². The van der Waals surface area contributed by atoms with E-state index in [1.165, 1.54) is 4.90 Å². The highest BCUT2D eigenvalue weighted by molar-refractivity contribution is 5.85. The Morgan fingerprint density at radius 3 is 2.59 bits per heavy atom. The van der Waals surface area contributed by atoms with Gasteiger partial charge in [-0.05, 0) is 31.4 Å². The summed E-state index contributed by atoms with van der Waals surface area (Å²) in [4.78, 5) is 34.6. The second-order valence-electron chi connectivity index (χ2n) is 7.52. The van der Waals surface area contributed by atoms with Crippen molar-refractivity contribution in [2.75, 3.05) is 19.4 Å². The molecule has 1 saturated carbocycles. The average Bonchev–Trinajstić information content (AvgIpc) is 3.57. The van der Waals surface area contributed by atoms with E-state index in [-0.39, 0.29) is 17.6 Å². The van der Waals surface area contributed by atoms with Crippen molar-refractivity contribution in [2.45, 2.75) is 38.6 Å². The third-order valence-corrected chi connectivity index (χ3v) is 5.01. The average molecular weight is 391 g/mol. The topological polar surface area (TPSA) is 99.0 Å². The maximum Gasteiger partial charge on any atom is 0.244 e. The Labute approximate surface area is 170 Å². The fourth-order valence-corrected chi connectivity index (χ4v) is 3.08. The van der Waals surface area contributed by atoms with Crippen LogP contribution in [0.4, 0.5) is 5.69 Å². The molecular weight excluding hydrogens is 366 g/mol. The van der Waals surface area contributed by atoms with Crippen molar-refractivity contribution in [1.29, 1.82) is 5.26 Å². The summed E-state index contributed by atoms with van der Waals surface area (Å²) in [7, 11) is 3.42. The molecule has 3 rings (SSSR count). The number of likely N-dealkylation sites (N-methyl/N-ethyl adjacent to an activating group) is 1. The van der Waals surface area contributed by atoms with E-state index < -0.39 is 6.04 Å². The van der Waals surface area contributed by atoms with Crippen LogP contribution >= 0.6 is 0 Å². The van der Waals surface area contributed by atoms with E-state index in [2.05, 4.69) is 21.4 Å². The van der Waals surface area contributed by atoms with Crippen molar-refractivity contribution < 1.29 is 9.59 Å². The fourth-order valence-electron chi connectivity index (χ4n) is 3.08. The number of nitrogens with one attached hydrogen (secondary N) is 1. The molecule has 29 heavy (non-hydrogen) atoms. The molecule has 7 nitrogen and oxygen atoms in total. The number of anilines is 1. The van der Waals surface area contributed by atoms with Gasteiger partial charge in [-0.25, -0.2) is 0 Å². The lowest BCUT2D eigenvalue weighted by molar-refractivity contribution is -0.129. The normalized spacial score (nSPS) is 14.0. The molecule has 1 aliphatic rings. The van der Waals surface area contributed by atoms with E-state index in [0.29, 0.717) is 35.5 Å². The molecule has 7 heteroatoms. The summed E-state index contributed by atoms with van der Waals surface area (Å²) < 4.78 is 0. The zero-order valence-corrected chi connectivity index (χ0v) is 17.0. The van der Waals surface area contributed by atoms with Gasteiger partial charge in [-0.15, -0.1) is 0 Å². The summed E-state index contributed by atoms with van der Waals surface area (Å²) in [6.45, 7) is 1.92. The predicted octanol–water partition coefficient (Wildman–Crippen LogP) is 2.82. The number of aromatic nitrogens is 2. The van der Waals surface area contributed by atoms with Gasteiger partial charge < -0.3 is 10.2 Å². The molecule has 150 valence electrons. The van der Waals surface area contributed by atoms with Gasteiger partial charge in [-0.1, -0.05) is 13.0 Å². The minimum absolute atomic E-state index is 0.0498. The van der Waals surface area contributed by atoms with Crippen LogP contribution in [0.25, 0.3) is 11.3 Å². The lowest BCUT2D eigenvalue weighted by Crippen LogP contribution is -2.38. The van der Waals surface area contributed by atoms with Crippen molar-refractivity contribution in [3.8, 4) is 17.3 Å². The zero-order valence-electron chi connectivity index (χ0n) is 17.0. The van der Waals surface area contributed by atoms with E-state index in [1.807, 2.05) is 13.0 Å². The van der Waals surface area contributed by atoms with E-state index in [1.54, 1.807) is 38.6 Å². The van der Waals surface area contributed by atoms with Crippen molar-refractivity contribution in [3.63, 3.8) is 0 Å². The van der Waals surface area contributed by atoms with Crippen LogP contribution in [0, 0.1) is 17.2 Å². The fraction of sp³-hybridized carbons (Fsp3) is 0.409. The molecular formula is C22H25N5O2. The van der Waals surface area contributed by atoms with Crippen molar-refractivity contribution in [1.82, 2.24) is 14.9 Å². The first-order chi connectivity index (χ1) is 13.9. The van der Waals surface area contributed by atoms with Gasteiger partial charge >= 0.3 is 0 Å².